The van der Waals surface area contributed by atoms with E-state index in [0.717, 1.165) is 139 Å². The molecule has 4 saturated heterocycles. The molecule has 3 N–H and O–H groups in total. The number of hydrogen-bond acceptors (Lipinski definition) is 13. The highest BCUT2D eigenvalue weighted by Gasteiger charge is 2.39. The predicted octanol–water partition coefficient (Wildman–Crippen LogP) is 7.90. The number of fused-ring (bicyclic) bond motifs is 2. The van der Waals surface area contributed by atoms with Gasteiger partial charge >= 0.3 is 0 Å². The van der Waals surface area contributed by atoms with Crippen molar-refractivity contribution in [3.63, 3.8) is 0 Å². The van der Waals surface area contributed by atoms with E-state index in [9.17, 15) is 23.3 Å². The second-order valence-corrected chi connectivity index (χ2v) is 22.6. The van der Waals surface area contributed by atoms with Gasteiger partial charge in [0.15, 0.2) is 0 Å². The molecule has 0 saturated carbocycles. The Kier molecular flexibility index (Phi) is 17.0. The third-order valence-electron chi connectivity index (χ3n) is 14.4. The van der Waals surface area contributed by atoms with Crippen molar-refractivity contribution in [2.75, 3.05) is 101 Å². The number of ether oxygens (including phenoxy) is 1. The van der Waals surface area contributed by atoms with Gasteiger partial charge in [-0.1, -0.05) is 54.4 Å². The van der Waals surface area contributed by atoms with Crippen molar-refractivity contribution < 1.29 is 22.9 Å². The number of likely N-dealkylation sites (tertiary alicyclic amines) is 1. The van der Waals surface area contributed by atoms with Crippen molar-refractivity contribution in [3.8, 4) is 0 Å². The molecule has 69 heavy (non-hydrogen) atoms. The topological polar surface area (TPSA) is 153 Å². The number of benzene rings is 4. The Labute approximate surface area is 422 Å². The van der Waals surface area contributed by atoms with E-state index in [-0.39, 0.29) is 51.8 Å². The summed E-state index contributed by atoms with van der Waals surface area (Å²) in [4.78, 5) is 35.9. The number of thioether (sulfide) groups is 1. The Morgan fingerprint density at radius 1 is 0.971 bits per heavy atom. The summed E-state index contributed by atoms with van der Waals surface area (Å²) in [6.45, 7) is 14.6. The average molecular weight is 1020 g/mol. The first kappa shape index (κ1) is 51.1. The molecule has 18 heteroatoms. The number of sulfonamides is 1. The summed E-state index contributed by atoms with van der Waals surface area (Å²) in [7, 11) is -4.45. The van der Waals surface area contributed by atoms with Crippen LogP contribution in [-0.4, -0.2) is 143 Å². The van der Waals surface area contributed by atoms with Crippen molar-refractivity contribution in [2.24, 2.45) is 5.41 Å². The highest BCUT2D eigenvalue weighted by atomic mass is 35.5. The summed E-state index contributed by atoms with van der Waals surface area (Å²) in [5.41, 5.74) is 5.42. The molecule has 0 radical (unpaired) electrons. The van der Waals surface area contributed by atoms with Crippen molar-refractivity contribution in [1.82, 2.24) is 24.7 Å². The first-order valence-electron chi connectivity index (χ1n) is 24.0. The van der Waals surface area contributed by atoms with Gasteiger partial charge in [-0.2, -0.15) is 0 Å². The number of carbonyl (C=O) groups excluding carboxylic acids is 1. The zero-order valence-corrected chi connectivity index (χ0v) is 42.4. The zero-order chi connectivity index (χ0) is 47.3. The van der Waals surface area contributed by atoms with Gasteiger partial charge in [-0.25, -0.2) is 13.1 Å². The van der Waals surface area contributed by atoms with Gasteiger partial charge in [0, 0.05) is 124 Å². The van der Waals surface area contributed by atoms with Crippen LogP contribution < -0.4 is 20.3 Å². The van der Waals surface area contributed by atoms with E-state index in [4.69, 9.17) is 16.3 Å². The first-order valence-corrected chi connectivity index (χ1v) is 26.8. The lowest BCUT2D eigenvalue weighted by molar-refractivity contribution is -0.384. The van der Waals surface area contributed by atoms with E-state index in [1.165, 1.54) is 28.8 Å². The van der Waals surface area contributed by atoms with Crippen molar-refractivity contribution in [1.29, 1.82) is 0 Å². The van der Waals surface area contributed by atoms with E-state index in [2.05, 4.69) is 54.0 Å². The molecule has 1 amide bonds. The maximum Gasteiger partial charge on any atom is 0.293 e. The quantitative estimate of drug-likeness (QED) is 0.0504. The molecule has 5 aliphatic rings. The molecule has 4 atom stereocenters. The number of halogens is 2. The molecule has 0 aromatic heterocycles. The molecular weight excluding hydrogens is 956 g/mol. The molecule has 370 valence electrons. The van der Waals surface area contributed by atoms with Crippen LogP contribution in [0.15, 0.2) is 112 Å². The minimum Gasteiger partial charge on any atom is -0.376 e. The third-order valence-corrected chi connectivity index (χ3v) is 17.1. The summed E-state index contributed by atoms with van der Waals surface area (Å²) in [5, 5.41) is 20.0. The van der Waals surface area contributed by atoms with E-state index in [1.54, 1.807) is 23.9 Å². The monoisotopic (exact) mass is 1020 g/mol. The molecule has 1 unspecified atom stereocenters. The molecule has 4 aromatic rings. The molecular formula is C51H64Cl2N8O6S2. The molecule has 4 aromatic carbocycles. The molecule has 4 heterocycles. The number of nitrogens with zero attached hydrogens (tertiary/aromatic N) is 5. The number of carbonyl (C=O) groups is 1. The van der Waals surface area contributed by atoms with E-state index in [0.29, 0.717) is 11.8 Å². The number of nitrogens with one attached hydrogen (secondary N) is 3. The van der Waals surface area contributed by atoms with Crippen LogP contribution in [0.25, 0.3) is 5.57 Å². The van der Waals surface area contributed by atoms with Crippen molar-refractivity contribution >= 4 is 74.3 Å². The molecule has 4 fully saturated rings. The smallest absolute Gasteiger partial charge is 0.293 e. The van der Waals surface area contributed by atoms with Crippen LogP contribution >= 0.6 is 35.8 Å². The number of amides is 1. The van der Waals surface area contributed by atoms with Gasteiger partial charge in [0.1, 0.15) is 5.69 Å². The number of anilines is 2. The Hall–Kier alpha value is -4.23. The summed E-state index contributed by atoms with van der Waals surface area (Å²) >= 11 is 7.96. The normalized spacial score (nSPS) is 22.8. The summed E-state index contributed by atoms with van der Waals surface area (Å²) in [6, 6.07) is 29.2. The molecule has 2 bridgehead atoms. The number of rotatable bonds is 18. The summed E-state index contributed by atoms with van der Waals surface area (Å²) in [6.07, 6.45) is 5.31. The Balaban J connectivity index is 0.00000642. The average Bonchev–Trinajstić information content (AvgIpc) is 3.98. The number of piperazine rings is 2. The highest BCUT2D eigenvalue weighted by molar-refractivity contribution is 7.99. The Bertz CT molecular complexity index is 2550. The molecule has 4 aliphatic heterocycles. The second-order valence-electron chi connectivity index (χ2n) is 19.4. The zero-order valence-electron chi connectivity index (χ0n) is 39.2. The van der Waals surface area contributed by atoms with E-state index < -0.39 is 20.9 Å². The number of nitro benzene ring substituents is 1. The predicted molar refractivity (Wildman–Crippen MR) is 279 cm³/mol. The van der Waals surface area contributed by atoms with Crippen LogP contribution in [-0.2, 0) is 14.8 Å². The van der Waals surface area contributed by atoms with Crippen molar-refractivity contribution in [2.45, 2.75) is 67.0 Å². The minimum absolute atomic E-state index is 0. The first-order chi connectivity index (χ1) is 32.9. The standard InChI is InChI=1S/C51H63ClN8O6S2.ClH/c1-51(36-57-23-20-53-21-24-57)19-17-47(37-7-11-40(52)12-8-37)39(31-51)32-56-25-27-58(28-26-56)42-13-9-38(10-14-42)50(61)55-68(64,65)46-15-16-48(49(30-46)60(62)63)54-41(35-67-45-5-3-2-4-6-45)18-22-59-33-44-29-43(59)34-66-44;/h2-16,30,41,43-44,53-54H,17-29,31-36H2,1H3,(H,55,61);1H/t41-,43-,44-,51?;/m1./s1. The Morgan fingerprint density at radius 3 is 2.39 bits per heavy atom. The van der Waals surface area contributed by atoms with Crippen LogP contribution in [0.3, 0.4) is 0 Å². The van der Waals surface area contributed by atoms with Crippen LogP contribution in [0, 0.1) is 15.5 Å². The van der Waals surface area contributed by atoms with Crippen LogP contribution in [0.5, 0.6) is 0 Å². The van der Waals surface area contributed by atoms with Gasteiger partial charge in [0.25, 0.3) is 21.6 Å². The van der Waals surface area contributed by atoms with E-state index in [1.807, 2.05) is 54.6 Å². The summed E-state index contributed by atoms with van der Waals surface area (Å²) < 4.78 is 35.1. The van der Waals surface area contributed by atoms with Crippen molar-refractivity contribution in [3.05, 3.63) is 129 Å². The van der Waals surface area contributed by atoms with Gasteiger partial charge in [0.05, 0.1) is 22.5 Å². The molecule has 9 rings (SSSR count). The van der Waals surface area contributed by atoms with Gasteiger partial charge < -0.3 is 25.2 Å². The number of morpholine rings is 1. The molecule has 1 aliphatic carbocycles. The maximum absolute atomic E-state index is 13.6. The van der Waals surface area contributed by atoms with Gasteiger partial charge in [-0.05, 0) is 109 Å². The van der Waals surface area contributed by atoms with Gasteiger partial charge in [-0.15, -0.1) is 24.2 Å². The largest absolute Gasteiger partial charge is 0.376 e. The minimum atomic E-state index is -4.45. The fourth-order valence-electron chi connectivity index (χ4n) is 10.7. The molecule has 0 spiro atoms. The number of hydrogen-bond donors (Lipinski definition) is 3. The SMILES string of the molecule is CC1(CN2CCNCC2)CCC(c2ccc(Cl)cc2)=C(CN2CCN(c3ccc(C(=O)NS(=O)(=O)c4ccc(N[C@H](CCN5C[C@H]6C[C@@H]5CO6)CSc5ccccc5)c([N+](=O)[O-])c4)cc3)CC2)C1.Cl. The fraction of sp³-hybridized carbons (Fsp3) is 0.471. The van der Waals surface area contributed by atoms with Crippen LogP contribution in [0.4, 0.5) is 17.1 Å². The van der Waals surface area contributed by atoms with Crippen LogP contribution in [0.2, 0.25) is 5.02 Å². The summed E-state index contributed by atoms with van der Waals surface area (Å²) in [5.74, 6) is -0.168. The lowest BCUT2D eigenvalue weighted by Crippen LogP contribution is -2.49. The highest BCUT2D eigenvalue weighted by Crippen LogP contribution is 2.44. The Morgan fingerprint density at radius 2 is 1.71 bits per heavy atom. The third kappa shape index (κ3) is 13.0. The lowest BCUT2D eigenvalue weighted by atomic mass is 9.71. The van der Waals surface area contributed by atoms with Gasteiger partial charge in [0.2, 0.25) is 0 Å². The second kappa shape index (κ2) is 22.9. The lowest BCUT2D eigenvalue weighted by Gasteiger charge is -2.43. The van der Waals surface area contributed by atoms with Gasteiger partial charge in [-0.3, -0.25) is 24.7 Å². The number of allylic oxidation sites excluding steroid dienone is 1. The number of nitro groups is 1. The maximum atomic E-state index is 13.6. The van der Waals surface area contributed by atoms with Crippen LogP contribution in [0.1, 0.15) is 54.9 Å². The molecule has 14 nitrogen and oxygen atoms in total. The fourth-order valence-corrected chi connectivity index (χ4v) is 12.8. The van der Waals surface area contributed by atoms with E-state index >= 15 is 0 Å².